The summed E-state index contributed by atoms with van der Waals surface area (Å²) in [6.45, 7) is 14.1. The van der Waals surface area contributed by atoms with Crippen molar-refractivity contribution < 1.29 is 28.9 Å². The Hall–Kier alpha value is -5.89. The highest BCUT2D eigenvalue weighted by Crippen LogP contribution is 2.48. The van der Waals surface area contributed by atoms with E-state index in [9.17, 15) is 29.8 Å². The summed E-state index contributed by atoms with van der Waals surface area (Å²) < 4.78 is 5.62. The number of benzene rings is 2. The number of imide groups is 1. The molecule has 2 amide bonds. The van der Waals surface area contributed by atoms with E-state index in [4.69, 9.17) is 14.8 Å². The SMILES string of the molecule is C=C(C)/C(C#N)=C\C.COc1cc2c(cc1N=Nc1ccc([N+](=O)[O-])cc1C#N)C(C)CC(C)(C)N2CCCC(=O)ON1C(=O)CCC1=O. The van der Waals surface area contributed by atoms with Gasteiger partial charge in [-0.15, -0.1) is 15.3 Å². The lowest BCUT2D eigenvalue weighted by Gasteiger charge is -2.47. The molecule has 0 bridgehead atoms. The molecule has 0 saturated carbocycles. The third-order valence-corrected chi connectivity index (χ3v) is 8.09. The summed E-state index contributed by atoms with van der Waals surface area (Å²) in [6, 6.07) is 11.5. The Bertz CT molecular complexity index is 1780. The normalized spacial score (nSPS) is 16.7. The average Bonchev–Trinajstić information content (AvgIpc) is 3.37. The maximum absolute atomic E-state index is 12.3. The number of rotatable bonds is 10. The number of ether oxygens (including phenoxy) is 1. The Morgan fingerprint density at radius 3 is 2.35 bits per heavy atom. The molecule has 0 aliphatic carbocycles. The van der Waals surface area contributed by atoms with Gasteiger partial charge in [-0.2, -0.15) is 10.5 Å². The first-order chi connectivity index (χ1) is 23.2. The average molecular weight is 670 g/mol. The second kappa shape index (κ2) is 16.3. The summed E-state index contributed by atoms with van der Waals surface area (Å²) in [7, 11) is 1.51. The first-order valence-corrected chi connectivity index (χ1v) is 15.6. The number of non-ortho nitro benzene ring substituents is 1. The molecule has 14 heteroatoms. The Morgan fingerprint density at radius 2 is 1.82 bits per heavy atom. The zero-order chi connectivity index (χ0) is 36.5. The van der Waals surface area contributed by atoms with E-state index in [-0.39, 0.29) is 47.7 Å². The number of nitriles is 2. The highest BCUT2D eigenvalue weighted by molar-refractivity contribution is 6.01. The lowest BCUT2D eigenvalue weighted by molar-refractivity contribution is -0.384. The summed E-state index contributed by atoms with van der Waals surface area (Å²) in [5.41, 5.74) is 3.59. The molecule has 0 spiro atoms. The fraction of sp³-hybridized carbons (Fsp3) is 0.400. The second-order valence-electron chi connectivity index (χ2n) is 12.2. The molecule has 2 aliphatic rings. The number of amides is 2. The van der Waals surface area contributed by atoms with Crippen molar-refractivity contribution in [3.05, 3.63) is 75.4 Å². The number of carbonyl (C=O) groups excluding carboxylic acids is 3. The van der Waals surface area contributed by atoms with Crippen LogP contribution in [0.5, 0.6) is 5.75 Å². The molecule has 14 nitrogen and oxygen atoms in total. The van der Waals surface area contributed by atoms with E-state index in [0.29, 0.717) is 35.0 Å². The maximum atomic E-state index is 12.3. The van der Waals surface area contributed by atoms with Crippen molar-refractivity contribution >= 4 is 40.5 Å². The van der Waals surface area contributed by atoms with Crippen LogP contribution in [0.3, 0.4) is 0 Å². The molecule has 1 unspecified atom stereocenters. The van der Waals surface area contributed by atoms with Crippen LogP contribution >= 0.6 is 0 Å². The van der Waals surface area contributed by atoms with E-state index < -0.39 is 22.7 Å². The van der Waals surface area contributed by atoms with Crippen molar-refractivity contribution in [2.45, 2.75) is 78.2 Å². The third-order valence-electron chi connectivity index (χ3n) is 8.09. The summed E-state index contributed by atoms with van der Waals surface area (Å²) in [5.74, 6) is -1.08. The smallest absolute Gasteiger partial charge is 0.333 e. The monoisotopic (exact) mass is 669 g/mol. The van der Waals surface area contributed by atoms with Crippen LogP contribution in [0.15, 0.2) is 64.4 Å². The number of nitro benzene ring substituents is 1. The van der Waals surface area contributed by atoms with Crippen LogP contribution in [-0.4, -0.2) is 47.0 Å². The molecule has 4 rings (SSSR count). The van der Waals surface area contributed by atoms with Crippen molar-refractivity contribution in [2.75, 3.05) is 18.6 Å². The van der Waals surface area contributed by atoms with Gasteiger partial charge in [-0.05, 0) is 69.7 Å². The molecule has 1 fully saturated rings. The van der Waals surface area contributed by atoms with Gasteiger partial charge in [0.1, 0.15) is 23.2 Å². The van der Waals surface area contributed by atoms with Crippen LogP contribution in [-0.2, 0) is 19.2 Å². The number of carbonyl (C=O) groups is 3. The predicted octanol–water partition coefficient (Wildman–Crippen LogP) is 7.40. The number of azo groups is 1. The summed E-state index contributed by atoms with van der Waals surface area (Å²) in [6.07, 6.45) is 3.09. The van der Waals surface area contributed by atoms with Gasteiger partial charge in [-0.1, -0.05) is 19.6 Å². The Labute approximate surface area is 285 Å². The van der Waals surface area contributed by atoms with Gasteiger partial charge in [-0.25, -0.2) is 4.79 Å². The molecule has 2 aliphatic heterocycles. The Balaban J connectivity index is 0.000000723. The van der Waals surface area contributed by atoms with Crippen molar-refractivity contribution in [3.63, 3.8) is 0 Å². The molecular weight excluding hydrogens is 630 g/mol. The Morgan fingerprint density at radius 1 is 1.16 bits per heavy atom. The van der Waals surface area contributed by atoms with E-state index in [1.807, 2.05) is 38.1 Å². The maximum Gasteiger partial charge on any atom is 0.333 e. The van der Waals surface area contributed by atoms with Crippen molar-refractivity contribution in [1.82, 2.24) is 5.06 Å². The highest BCUT2D eigenvalue weighted by Gasteiger charge is 2.37. The second-order valence-corrected chi connectivity index (χ2v) is 12.2. The topological polar surface area (TPSA) is 192 Å². The number of hydrogen-bond acceptors (Lipinski definition) is 12. The van der Waals surface area contributed by atoms with Crippen LogP contribution in [0.4, 0.5) is 22.7 Å². The van der Waals surface area contributed by atoms with Crippen LogP contribution in [0.2, 0.25) is 0 Å². The van der Waals surface area contributed by atoms with Crippen LogP contribution in [0.1, 0.15) is 83.8 Å². The number of hydroxylamine groups is 2. The fourth-order valence-electron chi connectivity index (χ4n) is 5.68. The number of anilines is 1. The molecule has 2 aromatic rings. The number of fused-ring (bicyclic) bond motifs is 1. The van der Waals surface area contributed by atoms with E-state index in [0.717, 1.165) is 29.3 Å². The molecule has 2 heterocycles. The van der Waals surface area contributed by atoms with Crippen molar-refractivity contribution in [1.29, 1.82) is 10.5 Å². The summed E-state index contributed by atoms with van der Waals surface area (Å²) >= 11 is 0. The number of allylic oxidation sites excluding steroid dienone is 3. The van der Waals surface area contributed by atoms with Gasteiger partial charge in [0.05, 0.1) is 29.2 Å². The molecule has 2 aromatic carbocycles. The molecule has 1 atom stereocenters. The van der Waals surface area contributed by atoms with E-state index in [1.54, 1.807) is 6.08 Å². The fourth-order valence-corrected chi connectivity index (χ4v) is 5.68. The standard InChI is InChI=1S/C28H30N6O7.C7H9N/c1-17-15-28(2,3)32(11-5-6-27(37)41-33-25(35)9-10-26(33)36)23-14-24(40-4)22(13-20(17)23)31-30-21-8-7-19(34(38)39)12-18(21)16-29;1-4-7(5-8)6(2)3/h7-8,12-14,17H,5-6,9-11,15H2,1-4H3;4H,2H2,1,3H3/b;7-4-. The third kappa shape index (κ3) is 9.14. The van der Waals surface area contributed by atoms with E-state index in [2.05, 4.69) is 42.5 Å². The lowest BCUT2D eigenvalue weighted by Crippen LogP contribution is -2.49. The van der Waals surface area contributed by atoms with Gasteiger partial charge in [0.25, 0.3) is 17.5 Å². The van der Waals surface area contributed by atoms with Gasteiger partial charge < -0.3 is 14.5 Å². The van der Waals surface area contributed by atoms with Crippen molar-refractivity contribution in [2.24, 2.45) is 10.2 Å². The largest absolute Gasteiger partial charge is 0.494 e. The van der Waals surface area contributed by atoms with E-state index in [1.165, 1.54) is 19.2 Å². The molecule has 0 aromatic heterocycles. The van der Waals surface area contributed by atoms with Crippen LogP contribution < -0.4 is 9.64 Å². The minimum atomic E-state index is -0.645. The van der Waals surface area contributed by atoms with Gasteiger partial charge in [0, 0.05) is 55.2 Å². The minimum absolute atomic E-state index is 0.0222. The Kier molecular flexibility index (Phi) is 12.5. The van der Waals surface area contributed by atoms with Crippen LogP contribution in [0.25, 0.3) is 0 Å². The van der Waals surface area contributed by atoms with E-state index >= 15 is 0 Å². The quantitative estimate of drug-likeness (QED) is 0.0614. The van der Waals surface area contributed by atoms with Gasteiger partial charge in [0.2, 0.25) is 0 Å². The van der Waals surface area contributed by atoms with Gasteiger partial charge in [0.15, 0.2) is 0 Å². The van der Waals surface area contributed by atoms with Gasteiger partial charge >= 0.3 is 5.97 Å². The first-order valence-electron chi connectivity index (χ1n) is 15.6. The summed E-state index contributed by atoms with van der Waals surface area (Å²) in [4.78, 5) is 53.5. The highest BCUT2D eigenvalue weighted by atomic mass is 16.7. The number of nitro groups is 1. The molecular formula is C35H39N7O7. The molecule has 1 saturated heterocycles. The molecule has 49 heavy (non-hydrogen) atoms. The zero-order valence-electron chi connectivity index (χ0n) is 28.5. The number of hydrogen-bond donors (Lipinski definition) is 0. The van der Waals surface area contributed by atoms with Gasteiger partial charge in [-0.3, -0.25) is 19.7 Å². The minimum Gasteiger partial charge on any atom is -0.494 e. The predicted molar refractivity (Wildman–Crippen MR) is 180 cm³/mol. The van der Waals surface area contributed by atoms with Crippen molar-refractivity contribution in [3.8, 4) is 17.9 Å². The summed E-state index contributed by atoms with van der Waals surface area (Å²) in [5, 5.41) is 37.9. The lowest BCUT2D eigenvalue weighted by atomic mass is 9.79. The zero-order valence-corrected chi connectivity index (χ0v) is 28.5. The number of methoxy groups -OCH3 is 1. The number of nitrogens with zero attached hydrogens (tertiary/aromatic N) is 7. The molecule has 256 valence electrons. The first kappa shape index (κ1) is 37.6. The van der Waals surface area contributed by atoms with Crippen LogP contribution in [0, 0.1) is 32.8 Å². The molecule has 0 radical (unpaired) electrons. The molecule has 0 N–H and O–H groups in total.